The monoisotopic (exact) mass is 306 g/mol. The number of nitrogens with zero attached hydrogens (tertiary/aromatic N) is 3. The molecular weight excluding hydrogens is 280 g/mol. The first-order chi connectivity index (χ1) is 10.6. The van der Waals surface area contributed by atoms with Crippen molar-refractivity contribution in [2.24, 2.45) is 0 Å². The van der Waals surface area contributed by atoms with E-state index in [4.69, 9.17) is 4.74 Å². The fourth-order valence-electron chi connectivity index (χ4n) is 2.30. The zero-order chi connectivity index (χ0) is 15.9. The number of nitrogens with one attached hydrogen (secondary N) is 1. The molecule has 1 aromatic heterocycles. The number of hydrogen-bond acceptors (Lipinski definition) is 5. The van der Waals surface area contributed by atoms with Gasteiger partial charge >= 0.3 is 0 Å². The number of ether oxygens (including phenoxy) is 1. The van der Waals surface area contributed by atoms with E-state index in [0.29, 0.717) is 31.4 Å². The van der Waals surface area contributed by atoms with Crippen molar-refractivity contribution < 1.29 is 9.53 Å². The second kappa shape index (κ2) is 8.10. The Morgan fingerprint density at radius 3 is 2.86 bits per heavy atom. The molecule has 1 amide bonds. The fraction of sp³-hybridized carbons (Fsp3) is 0.625. The molecule has 0 spiro atoms. The third-order valence-corrected chi connectivity index (χ3v) is 3.97. The lowest BCUT2D eigenvalue weighted by Gasteiger charge is -2.29. The van der Waals surface area contributed by atoms with Crippen molar-refractivity contribution >= 4 is 11.7 Å². The summed E-state index contributed by atoms with van der Waals surface area (Å²) in [6.45, 7) is 8.63. The average molecular weight is 306 g/mol. The summed E-state index contributed by atoms with van der Waals surface area (Å²) in [5.41, 5.74) is 0.636. The van der Waals surface area contributed by atoms with Crippen LogP contribution in [-0.2, 0) is 4.74 Å². The Labute approximate surface area is 132 Å². The molecule has 2 heterocycles. The molecule has 122 valence electrons. The summed E-state index contributed by atoms with van der Waals surface area (Å²) < 4.78 is 5.36. The van der Waals surface area contributed by atoms with Gasteiger partial charge in [-0.05, 0) is 33.0 Å². The lowest BCUT2D eigenvalue weighted by atomic mass is 10.2. The molecule has 0 bridgehead atoms. The summed E-state index contributed by atoms with van der Waals surface area (Å²) >= 11 is 0. The zero-order valence-corrected chi connectivity index (χ0v) is 13.7. The van der Waals surface area contributed by atoms with Crippen LogP contribution in [0.4, 0.5) is 5.82 Å². The van der Waals surface area contributed by atoms with Gasteiger partial charge in [0.05, 0.1) is 18.8 Å². The number of morpholine rings is 1. The number of hydrogen-bond donors (Lipinski definition) is 1. The molecule has 1 fully saturated rings. The van der Waals surface area contributed by atoms with Crippen LogP contribution in [0.25, 0.3) is 0 Å². The van der Waals surface area contributed by atoms with Gasteiger partial charge in [0.2, 0.25) is 0 Å². The van der Waals surface area contributed by atoms with E-state index in [9.17, 15) is 4.79 Å². The van der Waals surface area contributed by atoms with Gasteiger partial charge in [-0.1, -0.05) is 0 Å². The Bertz CT molecular complexity index is 487. The highest BCUT2D eigenvalue weighted by Gasteiger charge is 2.19. The van der Waals surface area contributed by atoms with Gasteiger partial charge in [0.15, 0.2) is 0 Å². The van der Waals surface area contributed by atoms with Crippen LogP contribution in [0.2, 0.25) is 0 Å². The number of aromatic nitrogens is 1. The standard InChI is InChI=1S/C16H26N4O2/c1-13(2)19(3)8-7-18-16(21)14-5-4-6-17-15(14)20-9-11-22-12-10-20/h4-6,13H,7-12H2,1-3H3,(H,18,21). The second-order valence-electron chi connectivity index (χ2n) is 5.80. The van der Waals surface area contributed by atoms with E-state index in [-0.39, 0.29) is 5.91 Å². The molecule has 0 aliphatic carbocycles. The number of pyridine rings is 1. The second-order valence-corrected chi connectivity index (χ2v) is 5.80. The maximum absolute atomic E-state index is 12.4. The largest absolute Gasteiger partial charge is 0.378 e. The number of carbonyl (C=O) groups is 1. The van der Waals surface area contributed by atoms with Crippen molar-refractivity contribution in [2.45, 2.75) is 19.9 Å². The minimum absolute atomic E-state index is 0.0632. The summed E-state index contributed by atoms with van der Waals surface area (Å²) in [6.07, 6.45) is 1.73. The smallest absolute Gasteiger partial charge is 0.255 e. The van der Waals surface area contributed by atoms with Crippen LogP contribution < -0.4 is 10.2 Å². The molecule has 0 unspecified atom stereocenters. The van der Waals surface area contributed by atoms with E-state index in [1.165, 1.54) is 0 Å². The van der Waals surface area contributed by atoms with Crippen LogP contribution in [0.15, 0.2) is 18.3 Å². The van der Waals surface area contributed by atoms with Gasteiger partial charge < -0.3 is 19.9 Å². The summed E-state index contributed by atoms with van der Waals surface area (Å²) in [4.78, 5) is 21.1. The molecule has 1 saturated heterocycles. The molecule has 1 N–H and O–H groups in total. The number of rotatable bonds is 6. The number of carbonyl (C=O) groups excluding carboxylic acids is 1. The Hall–Kier alpha value is -1.66. The van der Waals surface area contributed by atoms with Gasteiger partial charge in [-0.3, -0.25) is 4.79 Å². The van der Waals surface area contributed by atoms with Gasteiger partial charge in [-0.2, -0.15) is 0 Å². The summed E-state index contributed by atoms with van der Waals surface area (Å²) in [7, 11) is 2.06. The molecule has 1 aliphatic rings. The Morgan fingerprint density at radius 2 is 2.18 bits per heavy atom. The minimum Gasteiger partial charge on any atom is -0.378 e. The van der Waals surface area contributed by atoms with Gasteiger partial charge in [0.1, 0.15) is 5.82 Å². The van der Waals surface area contributed by atoms with E-state index >= 15 is 0 Å². The average Bonchev–Trinajstić information content (AvgIpc) is 2.55. The molecule has 22 heavy (non-hydrogen) atoms. The third-order valence-electron chi connectivity index (χ3n) is 3.97. The molecule has 2 rings (SSSR count). The first-order valence-electron chi connectivity index (χ1n) is 7.85. The number of anilines is 1. The SMILES string of the molecule is CC(C)N(C)CCNC(=O)c1cccnc1N1CCOCC1. The number of likely N-dealkylation sites (N-methyl/N-ethyl adjacent to an activating group) is 1. The molecule has 6 heteroatoms. The van der Waals surface area contributed by atoms with Crippen molar-refractivity contribution in [3.63, 3.8) is 0 Å². The van der Waals surface area contributed by atoms with Crippen LogP contribution >= 0.6 is 0 Å². The van der Waals surface area contributed by atoms with Crippen LogP contribution in [0.3, 0.4) is 0 Å². The maximum Gasteiger partial charge on any atom is 0.255 e. The van der Waals surface area contributed by atoms with Crippen molar-refractivity contribution in [1.82, 2.24) is 15.2 Å². The Balaban J connectivity index is 1.97. The van der Waals surface area contributed by atoms with Crippen molar-refractivity contribution in [2.75, 3.05) is 51.3 Å². The highest BCUT2D eigenvalue weighted by Crippen LogP contribution is 2.18. The molecular formula is C16H26N4O2. The van der Waals surface area contributed by atoms with Crippen molar-refractivity contribution in [1.29, 1.82) is 0 Å². The summed E-state index contributed by atoms with van der Waals surface area (Å²) in [6, 6.07) is 4.11. The van der Waals surface area contributed by atoms with E-state index in [1.54, 1.807) is 12.3 Å². The number of amides is 1. The van der Waals surface area contributed by atoms with E-state index < -0.39 is 0 Å². The Morgan fingerprint density at radius 1 is 1.45 bits per heavy atom. The Kier molecular flexibility index (Phi) is 6.15. The lowest BCUT2D eigenvalue weighted by molar-refractivity contribution is 0.0946. The first-order valence-corrected chi connectivity index (χ1v) is 7.85. The van der Waals surface area contributed by atoms with Crippen LogP contribution in [-0.4, -0.2) is 68.3 Å². The van der Waals surface area contributed by atoms with Crippen molar-refractivity contribution in [3.8, 4) is 0 Å². The van der Waals surface area contributed by atoms with E-state index in [0.717, 1.165) is 25.5 Å². The topological polar surface area (TPSA) is 57.7 Å². The maximum atomic E-state index is 12.4. The molecule has 0 atom stereocenters. The highest BCUT2D eigenvalue weighted by molar-refractivity contribution is 5.98. The van der Waals surface area contributed by atoms with E-state index in [1.807, 2.05) is 6.07 Å². The molecule has 6 nitrogen and oxygen atoms in total. The third kappa shape index (κ3) is 4.42. The first kappa shape index (κ1) is 16.7. The van der Waals surface area contributed by atoms with Gasteiger partial charge in [0, 0.05) is 38.4 Å². The molecule has 0 saturated carbocycles. The van der Waals surface area contributed by atoms with E-state index in [2.05, 4.69) is 41.0 Å². The van der Waals surface area contributed by atoms with Crippen LogP contribution in [0.5, 0.6) is 0 Å². The van der Waals surface area contributed by atoms with Crippen LogP contribution in [0.1, 0.15) is 24.2 Å². The van der Waals surface area contributed by atoms with Gasteiger partial charge in [-0.25, -0.2) is 4.98 Å². The van der Waals surface area contributed by atoms with Gasteiger partial charge in [-0.15, -0.1) is 0 Å². The predicted octanol–water partition coefficient (Wildman–Crippen LogP) is 0.988. The molecule has 0 radical (unpaired) electrons. The predicted molar refractivity (Wildman–Crippen MR) is 87.4 cm³/mol. The summed E-state index contributed by atoms with van der Waals surface area (Å²) in [5, 5.41) is 2.99. The van der Waals surface area contributed by atoms with Gasteiger partial charge in [0.25, 0.3) is 5.91 Å². The fourth-order valence-corrected chi connectivity index (χ4v) is 2.30. The van der Waals surface area contributed by atoms with Crippen LogP contribution in [0, 0.1) is 0 Å². The lowest BCUT2D eigenvalue weighted by Crippen LogP contribution is -2.39. The van der Waals surface area contributed by atoms with Crippen molar-refractivity contribution in [3.05, 3.63) is 23.9 Å². The quantitative estimate of drug-likeness (QED) is 0.849. The molecule has 1 aromatic rings. The highest BCUT2D eigenvalue weighted by atomic mass is 16.5. The zero-order valence-electron chi connectivity index (χ0n) is 13.7. The normalized spacial score (nSPS) is 15.4. The molecule has 0 aromatic carbocycles. The minimum atomic E-state index is -0.0632. The molecule has 1 aliphatic heterocycles. The summed E-state index contributed by atoms with van der Waals surface area (Å²) in [5.74, 6) is 0.687.